The molecule has 0 bridgehead atoms. The van der Waals surface area contributed by atoms with Crippen molar-refractivity contribution in [3.8, 4) is 0 Å². The van der Waals surface area contributed by atoms with E-state index in [1.807, 2.05) is 36.7 Å². The van der Waals surface area contributed by atoms with E-state index in [-0.39, 0.29) is 10.1 Å². The highest BCUT2D eigenvalue weighted by atomic mass is 32.2. The number of hydrogen-bond donors (Lipinski definition) is 2. The number of rotatable bonds is 8. The van der Waals surface area contributed by atoms with Crippen LogP contribution >= 0.6 is 11.3 Å². The summed E-state index contributed by atoms with van der Waals surface area (Å²) < 4.78 is 29.4. The predicted octanol–water partition coefficient (Wildman–Crippen LogP) is 4.34. The lowest BCUT2D eigenvalue weighted by atomic mass is 10.1. The van der Waals surface area contributed by atoms with Crippen molar-refractivity contribution in [2.75, 3.05) is 4.72 Å². The summed E-state index contributed by atoms with van der Waals surface area (Å²) in [5.41, 5.74) is 4.88. The maximum atomic E-state index is 12.6. The molecule has 0 aliphatic rings. The summed E-state index contributed by atoms with van der Waals surface area (Å²) in [6, 6.07) is 19.7. The summed E-state index contributed by atoms with van der Waals surface area (Å²) in [5, 5.41) is 9.26. The number of sulfonamides is 1. The average Bonchev–Trinajstić information content (AvgIpc) is 3.43. The van der Waals surface area contributed by atoms with E-state index in [0.29, 0.717) is 24.3 Å². The van der Waals surface area contributed by atoms with E-state index >= 15 is 0 Å². The number of amides is 1. The molecule has 0 fully saturated rings. The van der Waals surface area contributed by atoms with Gasteiger partial charge in [0.15, 0.2) is 0 Å². The lowest BCUT2D eigenvalue weighted by Crippen LogP contribution is -2.23. The van der Waals surface area contributed by atoms with Crippen molar-refractivity contribution in [2.24, 2.45) is 0 Å². The fourth-order valence-corrected chi connectivity index (χ4v) is 5.53. The van der Waals surface area contributed by atoms with Gasteiger partial charge in [-0.05, 0) is 55.1 Å². The van der Waals surface area contributed by atoms with E-state index in [9.17, 15) is 13.2 Å². The zero-order valence-corrected chi connectivity index (χ0v) is 19.9. The molecule has 1 amide bonds. The van der Waals surface area contributed by atoms with E-state index in [4.69, 9.17) is 0 Å². The molecule has 2 aromatic carbocycles. The molecule has 2 heterocycles. The summed E-state index contributed by atoms with van der Waals surface area (Å²) in [7, 11) is -3.62. The highest BCUT2D eigenvalue weighted by Crippen LogP contribution is 2.21. The van der Waals surface area contributed by atoms with Gasteiger partial charge < -0.3 is 5.32 Å². The molecule has 0 atom stereocenters. The van der Waals surface area contributed by atoms with Gasteiger partial charge in [0.25, 0.3) is 15.9 Å². The Labute approximate surface area is 197 Å². The van der Waals surface area contributed by atoms with E-state index in [2.05, 4.69) is 27.3 Å². The quantitative estimate of drug-likeness (QED) is 0.392. The maximum Gasteiger partial charge on any atom is 0.271 e. The van der Waals surface area contributed by atoms with Gasteiger partial charge in [-0.2, -0.15) is 5.10 Å². The largest absolute Gasteiger partial charge is 0.348 e. The molecule has 0 radical (unpaired) electrons. The second kappa shape index (κ2) is 9.60. The number of thiophene rings is 1. The SMILES string of the molecule is Cc1nn(Cc2ccccc2)c(C)c1CNC(=O)c1ccc(NS(=O)(=O)c2cccs2)cc1. The number of aryl methyl sites for hydroxylation is 1. The number of hydrogen-bond acceptors (Lipinski definition) is 5. The van der Waals surface area contributed by atoms with Crippen molar-refractivity contribution < 1.29 is 13.2 Å². The van der Waals surface area contributed by atoms with Gasteiger partial charge in [-0.1, -0.05) is 36.4 Å². The lowest BCUT2D eigenvalue weighted by molar-refractivity contribution is 0.0951. The molecule has 4 rings (SSSR count). The van der Waals surface area contributed by atoms with Crippen molar-refractivity contribution in [2.45, 2.75) is 31.1 Å². The van der Waals surface area contributed by atoms with Crippen molar-refractivity contribution in [3.63, 3.8) is 0 Å². The zero-order valence-electron chi connectivity index (χ0n) is 18.3. The molecule has 7 nitrogen and oxygen atoms in total. The minimum absolute atomic E-state index is 0.239. The molecule has 0 aliphatic heterocycles. The Morgan fingerprint density at radius 1 is 1.00 bits per heavy atom. The number of carbonyl (C=O) groups excluding carboxylic acids is 1. The summed E-state index contributed by atoms with van der Waals surface area (Å²) >= 11 is 1.14. The van der Waals surface area contributed by atoms with Crippen LogP contribution < -0.4 is 10.0 Å². The first kappa shape index (κ1) is 22.8. The van der Waals surface area contributed by atoms with Crippen LogP contribution in [-0.4, -0.2) is 24.1 Å². The highest BCUT2D eigenvalue weighted by molar-refractivity contribution is 7.94. The fourth-order valence-electron chi connectivity index (χ4n) is 3.48. The van der Waals surface area contributed by atoms with Gasteiger partial charge in [0.2, 0.25) is 0 Å². The van der Waals surface area contributed by atoms with Crippen molar-refractivity contribution >= 4 is 33.0 Å². The molecule has 0 aliphatic carbocycles. The average molecular weight is 481 g/mol. The van der Waals surface area contributed by atoms with Crippen LogP contribution in [-0.2, 0) is 23.1 Å². The lowest BCUT2D eigenvalue weighted by Gasteiger charge is -2.09. The molecule has 0 saturated heterocycles. The van der Waals surface area contributed by atoms with Gasteiger partial charge in [-0.15, -0.1) is 11.3 Å². The zero-order chi connectivity index (χ0) is 23.4. The molecule has 4 aromatic rings. The van der Waals surface area contributed by atoms with E-state index in [1.54, 1.807) is 41.8 Å². The van der Waals surface area contributed by atoms with Crippen LogP contribution in [0.4, 0.5) is 5.69 Å². The summed E-state index contributed by atoms with van der Waals surface area (Å²) in [6.07, 6.45) is 0. The van der Waals surface area contributed by atoms with Crippen LogP contribution in [0.1, 0.15) is 32.9 Å². The van der Waals surface area contributed by atoms with Gasteiger partial charge >= 0.3 is 0 Å². The van der Waals surface area contributed by atoms with Crippen molar-refractivity contribution in [3.05, 3.63) is 100 Å². The van der Waals surface area contributed by atoms with Gasteiger partial charge in [-0.25, -0.2) is 8.42 Å². The molecule has 0 spiro atoms. The highest BCUT2D eigenvalue weighted by Gasteiger charge is 2.16. The first-order valence-corrected chi connectivity index (χ1v) is 12.7. The third-order valence-electron chi connectivity index (χ3n) is 5.29. The number of nitrogens with zero attached hydrogens (tertiary/aromatic N) is 2. The molecule has 33 heavy (non-hydrogen) atoms. The monoisotopic (exact) mass is 480 g/mol. The Morgan fingerprint density at radius 3 is 2.39 bits per heavy atom. The number of benzene rings is 2. The Hall–Kier alpha value is -3.43. The second-order valence-corrected chi connectivity index (χ2v) is 10.4. The van der Waals surface area contributed by atoms with Gasteiger partial charge in [0.1, 0.15) is 4.21 Å². The fraction of sp³-hybridized carbons (Fsp3) is 0.167. The third kappa shape index (κ3) is 5.32. The first-order chi connectivity index (χ1) is 15.8. The number of aromatic nitrogens is 2. The van der Waals surface area contributed by atoms with Crippen LogP contribution in [0, 0.1) is 13.8 Å². The van der Waals surface area contributed by atoms with Crippen LogP contribution in [0.2, 0.25) is 0 Å². The number of anilines is 1. The van der Waals surface area contributed by atoms with E-state index < -0.39 is 10.0 Å². The van der Waals surface area contributed by atoms with Crippen molar-refractivity contribution in [1.29, 1.82) is 0 Å². The third-order valence-corrected chi connectivity index (χ3v) is 8.07. The predicted molar refractivity (Wildman–Crippen MR) is 130 cm³/mol. The normalized spacial score (nSPS) is 11.3. The summed E-state index contributed by atoms with van der Waals surface area (Å²) in [5.74, 6) is -0.239. The second-order valence-electron chi connectivity index (χ2n) is 7.59. The van der Waals surface area contributed by atoms with Gasteiger partial charge in [0, 0.05) is 29.1 Å². The number of nitrogens with one attached hydrogen (secondary N) is 2. The van der Waals surface area contributed by atoms with Gasteiger partial charge in [0.05, 0.1) is 12.2 Å². The van der Waals surface area contributed by atoms with E-state index in [1.165, 1.54) is 0 Å². The Bertz CT molecular complexity index is 1340. The number of carbonyl (C=O) groups is 1. The molecule has 2 N–H and O–H groups in total. The first-order valence-electron chi connectivity index (χ1n) is 10.3. The molecule has 0 unspecified atom stereocenters. The molecule has 0 saturated carbocycles. The summed E-state index contributed by atoms with van der Waals surface area (Å²) in [6.45, 7) is 4.96. The van der Waals surface area contributed by atoms with Crippen LogP contribution in [0.25, 0.3) is 0 Å². The van der Waals surface area contributed by atoms with Gasteiger partial charge in [-0.3, -0.25) is 14.2 Å². The Morgan fingerprint density at radius 2 is 1.73 bits per heavy atom. The summed E-state index contributed by atoms with van der Waals surface area (Å²) in [4.78, 5) is 12.6. The molecule has 9 heteroatoms. The maximum absolute atomic E-state index is 12.6. The topological polar surface area (TPSA) is 93.1 Å². The minimum atomic E-state index is -3.62. The van der Waals surface area contributed by atoms with Crippen molar-refractivity contribution in [1.82, 2.24) is 15.1 Å². The van der Waals surface area contributed by atoms with Crippen LogP contribution in [0.5, 0.6) is 0 Å². The molecular weight excluding hydrogens is 456 g/mol. The van der Waals surface area contributed by atoms with Crippen LogP contribution in [0.15, 0.2) is 76.3 Å². The molecular formula is C24H24N4O3S2. The van der Waals surface area contributed by atoms with Crippen LogP contribution in [0.3, 0.4) is 0 Å². The molecule has 2 aromatic heterocycles. The van der Waals surface area contributed by atoms with E-state index in [0.717, 1.165) is 33.9 Å². The Balaban J connectivity index is 1.39. The minimum Gasteiger partial charge on any atom is -0.348 e. The smallest absolute Gasteiger partial charge is 0.271 e. The standard InChI is InChI=1S/C24H24N4O3S2/c1-17-22(18(2)28(26-17)16-19-7-4-3-5-8-19)15-25-24(29)20-10-12-21(13-11-20)27-33(30,31)23-9-6-14-32-23/h3-14,27H,15-16H2,1-2H3,(H,25,29). The molecule has 170 valence electrons. The Kier molecular flexibility index (Phi) is 6.62.